The number of benzene rings is 1. The molecule has 0 aromatic heterocycles. The lowest BCUT2D eigenvalue weighted by Gasteiger charge is -2.08. The molecule has 1 aliphatic rings. The van der Waals surface area contributed by atoms with Crippen LogP contribution >= 0.6 is 39.1 Å². The normalized spacial score (nSPS) is 15.9. The van der Waals surface area contributed by atoms with Crippen molar-refractivity contribution in [1.82, 2.24) is 0 Å². The van der Waals surface area contributed by atoms with Gasteiger partial charge in [-0.15, -0.1) is 0 Å². The summed E-state index contributed by atoms with van der Waals surface area (Å²) in [6, 6.07) is 4.44. The maximum atomic E-state index is 6.05. The molecule has 0 spiro atoms. The van der Waals surface area contributed by atoms with E-state index in [0.717, 1.165) is 10.2 Å². The fraction of sp³-hybridized carbons (Fsp3) is 0.333. The van der Waals surface area contributed by atoms with Crippen LogP contribution in [0.2, 0.25) is 10.0 Å². The van der Waals surface area contributed by atoms with Crippen LogP contribution in [0.5, 0.6) is 0 Å². The van der Waals surface area contributed by atoms with Crippen molar-refractivity contribution in [1.29, 1.82) is 0 Å². The highest BCUT2D eigenvalue weighted by Crippen LogP contribution is 2.37. The highest BCUT2D eigenvalue weighted by molar-refractivity contribution is 9.10. The third kappa shape index (κ3) is 2.12. The predicted molar refractivity (Wildman–Crippen MR) is 60.8 cm³/mol. The van der Waals surface area contributed by atoms with Gasteiger partial charge in [0.25, 0.3) is 0 Å². The first kappa shape index (κ1) is 9.63. The molecule has 0 bridgehead atoms. The van der Waals surface area contributed by atoms with Crippen LogP contribution in [0, 0.1) is 0 Å². The van der Waals surface area contributed by atoms with E-state index in [2.05, 4.69) is 21.2 Å². The summed E-state index contributed by atoms with van der Waals surface area (Å²) in [4.78, 5) is 0. The zero-order valence-electron chi connectivity index (χ0n) is 6.78. The van der Waals surface area contributed by atoms with Crippen LogP contribution in [0.4, 0.5) is 5.69 Å². The summed E-state index contributed by atoms with van der Waals surface area (Å²) in [6.07, 6.45) is 2.45. The quantitative estimate of drug-likeness (QED) is 0.795. The van der Waals surface area contributed by atoms with Gasteiger partial charge in [0.1, 0.15) is 0 Å². The highest BCUT2D eigenvalue weighted by atomic mass is 79.9. The largest absolute Gasteiger partial charge is 0.381 e. The maximum Gasteiger partial charge on any atom is 0.0835 e. The van der Waals surface area contributed by atoms with Gasteiger partial charge >= 0.3 is 0 Å². The molecule has 13 heavy (non-hydrogen) atoms. The van der Waals surface area contributed by atoms with Crippen LogP contribution in [0.1, 0.15) is 12.8 Å². The standard InChI is InChI=1S/C9H8BrCl2N/c10-6-3-4-7(9(12)8(6)11)13-5-1-2-5/h3-5,13H,1-2H2. The summed E-state index contributed by atoms with van der Waals surface area (Å²) < 4.78 is 0.834. The molecule has 2 rings (SSSR count). The number of anilines is 1. The molecule has 0 amide bonds. The van der Waals surface area contributed by atoms with E-state index < -0.39 is 0 Å². The topological polar surface area (TPSA) is 12.0 Å². The average molecular weight is 281 g/mol. The maximum absolute atomic E-state index is 6.05. The Labute approximate surface area is 95.5 Å². The van der Waals surface area contributed by atoms with Crippen molar-refractivity contribution in [2.75, 3.05) is 5.32 Å². The zero-order valence-corrected chi connectivity index (χ0v) is 9.88. The molecule has 0 aliphatic heterocycles. The minimum atomic E-state index is 0.576. The molecule has 0 saturated heterocycles. The van der Waals surface area contributed by atoms with Crippen molar-refractivity contribution in [2.24, 2.45) is 0 Å². The summed E-state index contributed by atoms with van der Waals surface area (Å²) >= 11 is 15.3. The molecule has 1 nitrogen and oxygen atoms in total. The van der Waals surface area contributed by atoms with Crippen LogP contribution in [-0.4, -0.2) is 6.04 Å². The first-order chi connectivity index (χ1) is 6.18. The summed E-state index contributed by atoms with van der Waals surface area (Å²) in [6.45, 7) is 0. The lowest BCUT2D eigenvalue weighted by Crippen LogP contribution is -2.01. The van der Waals surface area contributed by atoms with Crippen molar-refractivity contribution in [3.63, 3.8) is 0 Å². The SMILES string of the molecule is Clc1c(Br)ccc(NC2CC2)c1Cl. The second-order valence-corrected chi connectivity index (χ2v) is 4.75. The van der Waals surface area contributed by atoms with Crippen LogP contribution in [0.25, 0.3) is 0 Å². The minimum Gasteiger partial charge on any atom is -0.381 e. The van der Waals surface area contributed by atoms with Crippen LogP contribution in [0.3, 0.4) is 0 Å². The van der Waals surface area contributed by atoms with E-state index in [0.29, 0.717) is 16.1 Å². The van der Waals surface area contributed by atoms with Gasteiger partial charge in [0, 0.05) is 10.5 Å². The lowest BCUT2D eigenvalue weighted by molar-refractivity contribution is 1.16. The van der Waals surface area contributed by atoms with Gasteiger partial charge in [0.05, 0.1) is 15.7 Å². The van der Waals surface area contributed by atoms with Crippen molar-refractivity contribution in [3.05, 3.63) is 26.7 Å². The smallest absolute Gasteiger partial charge is 0.0835 e. The van der Waals surface area contributed by atoms with E-state index in [4.69, 9.17) is 23.2 Å². The van der Waals surface area contributed by atoms with Crippen LogP contribution < -0.4 is 5.32 Å². The molecular formula is C9H8BrCl2N. The van der Waals surface area contributed by atoms with E-state index >= 15 is 0 Å². The van der Waals surface area contributed by atoms with E-state index in [9.17, 15) is 0 Å². The van der Waals surface area contributed by atoms with Crippen LogP contribution in [0.15, 0.2) is 16.6 Å². The molecular weight excluding hydrogens is 273 g/mol. The molecule has 1 aliphatic carbocycles. The summed E-state index contributed by atoms with van der Waals surface area (Å²) in [5.74, 6) is 0. The highest BCUT2D eigenvalue weighted by Gasteiger charge is 2.22. The predicted octanol–water partition coefficient (Wildman–Crippen LogP) is 4.33. The van der Waals surface area contributed by atoms with Crippen LogP contribution in [-0.2, 0) is 0 Å². The Morgan fingerprint density at radius 2 is 1.92 bits per heavy atom. The number of halogens is 3. The van der Waals surface area contributed by atoms with E-state index in [1.54, 1.807) is 0 Å². The van der Waals surface area contributed by atoms with Gasteiger partial charge in [-0.2, -0.15) is 0 Å². The number of hydrogen-bond acceptors (Lipinski definition) is 1. The molecule has 1 saturated carbocycles. The van der Waals surface area contributed by atoms with Gasteiger partial charge in [-0.05, 0) is 40.9 Å². The number of rotatable bonds is 2. The Bertz CT molecular complexity index is 337. The summed E-state index contributed by atoms with van der Waals surface area (Å²) in [5.41, 5.74) is 0.928. The molecule has 0 atom stereocenters. The molecule has 0 radical (unpaired) electrons. The Hall–Kier alpha value is 0.0800. The Morgan fingerprint density at radius 1 is 1.23 bits per heavy atom. The third-order valence-electron chi connectivity index (χ3n) is 1.97. The molecule has 0 heterocycles. The zero-order chi connectivity index (χ0) is 9.42. The van der Waals surface area contributed by atoms with E-state index in [1.165, 1.54) is 12.8 Å². The Morgan fingerprint density at radius 3 is 2.54 bits per heavy atom. The minimum absolute atomic E-state index is 0.576. The fourth-order valence-electron chi connectivity index (χ4n) is 1.08. The molecule has 1 aromatic rings. The molecule has 1 fully saturated rings. The van der Waals surface area contributed by atoms with Crippen molar-refractivity contribution < 1.29 is 0 Å². The van der Waals surface area contributed by atoms with Crippen molar-refractivity contribution in [2.45, 2.75) is 18.9 Å². The fourth-order valence-corrected chi connectivity index (χ4v) is 1.91. The van der Waals surface area contributed by atoms with Crippen molar-refractivity contribution in [3.8, 4) is 0 Å². The molecule has 1 N–H and O–H groups in total. The first-order valence-electron chi connectivity index (χ1n) is 4.08. The third-order valence-corrected chi connectivity index (χ3v) is 3.74. The summed E-state index contributed by atoms with van der Waals surface area (Å²) in [5, 5.41) is 4.49. The Balaban J connectivity index is 2.29. The molecule has 70 valence electrons. The lowest BCUT2D eigenvalue weighted by atomic mass is 10.3. The monoisotopic (exact) mass is 279 g/mol. The van der Waals surface area contributed by atoms with Crippen molar-refractivity contribution >= 4 is 44.8 Å². The second-order valence-electron chi connectivity index (χ2n) is 3.14. The molecule has 4 heteroatoms. The number of hydrogen-bond donors (Lipinski definition) is 1. The van der Waals surface area contributed by atoms with Gasteiger partial charge in [-0.3, -0.25) is 0 Å². The van der Waals surface area contributed by atoms with E-state index in [-0.39, 0.29) is 0 Å². The van der Waals surface area contributed by atoms with Gasteiger partial charge in [0.15, 0.2) is 0 Å². The van der Waals surface area contributed by atoms with Gasteiger partial charge in [-0.1, -0.05) is 23.2 Å². The average Bonchev–Trinajstić information content (AvgIpc) is 2.90. The summed E-state index contributed by atoms with van der Waals surface area (Å²) in [7, 11) is 0. The molecule has 1 aromatic carbocycles. The van der Waals surface area contributed by atoms with E-state index in [1.807, 2.05) is 12.1 Å². The molecule has 0 unspecified atom stereocenters. The van der Waals surface area contributed by atoms with Gasteiger partial charge in [-0.25, -0.2) is 0 Å². The van der Waals surface area contributed by atoms with Gasteiger partial charge in [0.2, 0.25) is 0 Å². The van der Waals surface area contributed by atoms with Gasteiger partial charge < -0.3 is 5.32 Å². The Kier molecular flexibility index (Phi) is 2.72. The number of nitrogens with one attached hydrogen (secondary N) is 1. The first-order valence-corrected chi connectivity index (χ1v) is 5.63. The second kappa shape index (κ2) is 3.68.